The number of carbonyl (C=O) groups excluding carboxylic acids is 1. The van der Waals surface area contributed by atoms with Crippen LogP contribution in [0.3, 0.4) is 0 Å². The molecule has 1 rings (SSSR count). The van der Waals surface area contributed by atoms with Crippen molar-refractivity contribution in [3.8, 4) is 0 Å². The lowest BCUT2D eigenvalue weighted by molar-refractivity contribution is -0.119. The van der Waals surface area contributed by atoms with Crippen LogP contribution in [-0.4, -0.2) is 11.9 Å². The lowest BCUT2D eigenvalue weighted by atomic mass is 9.93. The van der Waals surface area contributed by atoms with E-state index in [0.717, 1.165) is 6.42 Å². The molecule has 1 atom stereocenters. The Kier molecular flexibility index (Phi) is 4.22. The van der Waals surface area contributed by atoms with E-state index in [4.69, 9.17) is 11.5 Å². The van der Waals surface area contributed by atoms with Gasteiger partial charge in [0.1, 0.15) is 0 Å². The van der Waals surface area contributed by atoms with Gasteiger partial charge in [0.05, 0.1) is 6.04 Å². The Morgan fingerprint density at radius 2 is 1.77 bits per heavy atom. The Morgan fingerprint density at radius 3 is 2.23 bits per heavy atom. The van der Waals surface area contributed by atoms with E-state index >= 15 is 0 Å². The van der Waals surface area contributed by atoms with E-state index in [0.29, 0.717) is 5.92 Å². The van der Waals surface area contributed by atoms with Crippen LogP contribution in [0.4, 0.5) is 0 Å². The lowest BCUT2D eigenvalue weighted by Gasteiger charge is -2.16. The molecule has 4 N–H and O–H groups in total. The van der Waals surface area contributed by atoms with Crippen LogP contribution in [0.15, 0.2) is 0 Å². The van der Waals surface area contributed by atoms with Crippen LogP contribution in [0.1, 0.15) is 44.9 Å². The summed E-state index contributed by atoms with van der Waals surface area (Å²) in [7, 11) is 0. The van der Waals surface area contributed by atoms with Gasteiger partial charge in [-0.15, -0.1) is 0 Å². The van der Waals surface area contributed by atoms with Gasteiger partial charge in [-0.2, -0.15) is 0 Å². The fourth-order valence-corrected chi connectivity index (χ4v) is 2.07. The van der Waals surface area contributed by atoms with Crippen molar-refractivity contribution in [3.63, 3.8) is 0 Å². The monoisotopic (exact) mass is 184 g/mol. The van der Waals surface area contributed by atoms with E-state index in [1.54, 1.807) is 0 Å². The van der Waals surface area contributed by atoms with Crippen molar-refractivity contribution in [3.05, 3.63) is 0 Å². The summed E-state index contributed by atoms with van der Waals surface area (Å²) >= 11 is 0. The van der Waals surface area contributed by atoms with Gasteiger partial charge in [0, 0.05) is 0 Å². The first-order valence-corrected chi connectivity index (χ1v) is 5.25. The molecule has 0 bridgehead atoms. The molecule has 0 saturated heterocycles. The Morgan fingerprint density at radius 1 is 1.23 bits per heavy atom. The summed E-state index contributed by atoms with van der Waals surface area (Å²) in [6.07, 6.45) is 8.48. The lowest BCUT2D eigenvalue weighted by Crippen LogP contribution is -2.37. The van der Waals surface area contributed by atoms with E-state index in [-0.39, 0.29) is 5.91 Å². The van der Waals surface area contributed by atoms with Crippen LogP contribution in [0.25, 0.3) is 0 Å². The van der Waals surface area contributed by atoms with Gasteiger partial charge in [-0.25, -0.2) is 0 Å². The number of amides is 1. The summed E-state index contributed by atoms with van der Waals surface area (Å²) in [5, 5.41) is 0. The van der Waals surface area contributed by atoms with E-state index in [2.05, 4.69) is 0 Å². The minimum Gasteiger partial charge on any atom is -0.368 e. The summed E-state index contributed by atoms with van der Waals surface area (Å²) < 4.78 is 0. The molecule has 3 heteroatoms. The average Bonchev–Trinajstić information content (AvgIpc) is 2.32. The zero-order valence-electron chi connectivity index (χ0n) is 8.17. The van der Waals surface area contributed by atoms with Crippen molar-refractivity contribution in [2.45, 2.75) is 51.0 Å². The van der Waals surface area contributed by atoms with Crippen molar-refractivity contribution in [1.29, 1.82) is 0 Å². The third kappa shape index (κ3) is 3.77. The molecule has 13 heavy (non-hydrogen) atoms. The molecule has 0 aliphatic heterocycles. The highest BCUT2D eigenvalue weighted by Crippen LogP contribution is 2.25. The first-order chi connectivity index (χ1) is 6.20. The van der Waals surface area contributed by atoms with Crippen LogP contribution in [0.5, 0.6) is 0 Å². The molecule has 1 aliphatic carbocycles. The normalized spacial score (nSPS) is 22.2. The van der Waals surface area contributed by atoms with Crippen LogP contribution < -0.4 is 11.5 Å². The van der Waals surface area contributed by atoms with E-state index in [9.17, 15) is 4.79 Å². The number of carbonyl (C=O) groups is 1. The summed E-state index contributed by atoms with van der Waals surface area (Å²) in [6, 6.07) is -0.428. The number of hydrogen-bond acceptors (Lipinski definition) is 2. The second-order valence-electron chi connectivity index (χ2n) is 4.10. The maximum Gasteiger partial charge on any atom is 0.234 e. The molecule has 0 spiro atoms. The molecular weight excluding hydrogens is 164 g/mol. The minimum atomic E-state index is -0.428. The highest BCUT2D eigenvalue weighted by atomic mass is 16.1. The zero-order valence-corrected chi connectivity index (χ0v) is 8.17. The fraction of sp³-hybridized carbons (Fsp3) is 0.900. The molecule has 1 fully saturated rings. The largest absolute Gasteiger partial charge is 0.368 e. The van der Waals surface area contributed by atoms with Gasteiger partial charge < -0.3 is 11.5 Å². The number of hydrogen-bond donors (Lipinski definition) is 2. The highest BCUT2D eigenvalue weighted by molar-refractivity contribution is 5.79. The van der Waals surface area contributed by atoms with Gasteiger partial charge in [-0.3, -0.25) is 4.79 Å². The summed E-state index contributed by atoms with van der Waals surface area (Å²) in [5.74, 6) is 0.272. The third-order valence-corrected chi connectivity index (χ3v) is 2.93. The summed E-state index contributed by atoms with van der Waals surface area (Å²) in [6.45, 7) is 0. The Bertz CT molecular complexity index is 162. The van der Waals surface area contributed by atoms with Crippen LogP contribution in [0, 0.1) is 5.92 Å². The first-order valence-electron chi connectivity index (χ1n) is 5.25. The number of nitrogens with two attached hydrogens (primary N) is 2. The molecule has 3 nitrogen and oxygen atoms in total. The third-order valence-electron chi connectivity index (χ3n) is 2.93. The molecular formula is C10H20N2O. The minimum absolute atomic E-state index is 0.357. The molecule has 1 aliphatic rings. The average molecular weight is 184 g/mol. The molecule has 1 unspecified atom stereocenters. The Hall–Kier alpha value is -0.570. The number of primary amides is 1. The van der Waals surface area contributed by atoms with Gasteiger partial charge in [-0.05, 0) is 12.3 Å². The van der Waals surface area contributed by atoms with Crippen LogP contribution in [0.2, 0.25) is 0 Å². The first kappa shape index (κ1) is 10.5. The fourth-order valence-electron chi connectivity index (χ4n) is 2.07. The predicted octanol–water partition coefficient (Wildman–Crippen LogP) is 1.16. The maximum atomic E-state index is 10.8. The van der Waals surface area contributed by atoms with E-state index in [1.807, 2.05) is 0 Å². The summed E-state index contributed by atoms with van der Waals surface area (Å²) in [5.41, 5.74) is 10.8. The van der Waals surface area contributed by atoms with Crippen molar-refractivity contribution >= 4 is 5.91 Å². The molecule has 0 aromatic heterocycles. The Balaban J connectivity index is 2.29. The number of rotatable bonds is 3. The van der Waals surface area contributed by atoms with E-state index < -0.39 is 6.04 Å². The highest BCUT2D eigenvalue weighted by Gasteiger charge is 2.18. The van der Waals surface area contributed by atoms with Gasteiger partial charge in [0.2, 0.25) is 5.91 Å². The van der Waals surface area contributed by atoms with Crippen molar-refractivity contribution in [2.75, 3.05) is 0 Å². The summed E-state index contributed by atoms with van der Waals surface area (Å²) in [4.78, 5) is 10.8. The Labute approximate surface area is 79.9 Å². The SMILES string of the molecule is NC(=O)C(N)CC1CCCCCC1. The van der Waals surface area contributed by atoms with Crippen molar-refractivity contribution in [1.82, 2.24) is 0 Å². The van der Waals surface area contributed by atoms with Crippen LogP contribution >= 0.6 is 0 Å². The molecule has 1 amide bonds. The molecule has 0 radical (unpaired) electrons. The standard InChI is InChI=1S/C10H20N2O/c11-9(10(12)13)7-8-5-3-1-2-4-6-8/h8-9H,1-7,11H2,(H2,12,13). The smallest absolute Gasteiger partial charge is 0.234 e. The van der Waals surface area contributed by atoms with Gasteiger partial charge in [0.15, 0.2) is 0 Å². The molecule has 0 aromatic rings. The maximum absolute atomic E-state index is 10.8. The van der Waals surface area contributed by atoms with Gasteiger partial charge in [0.25, 0.3) is 0 Å². The topological polar surface area (TPSA) is 69.1 Å². The van der Waals surface area contributed by atoms with Gasteiger partial charge in [-0.1, -0.05) is 38.5 Å². The zero-order chi connectivity index (χ0) is 9.68. The predicted molar refractivity (Wildman–Crippen MR) is 53.0 cm³/mol. The molecule has 76 valence electrons. The van der Waals surface area contributed by atoms with E-state index in [1.165, 1.54) is 38.5 Å². The van der Waals surface area contributed by atoms with Crippen molar-refractivity contribution in [2.24, 2.45) is 17.4 Å². The van der Waals surface area contributed by atoms with Gasteiger partial charge >= 0.3 is 0 Å². The second kappa shape index (κ2) is 5.22. The molecule has 1 saturated carbocycles. The molecule has 0 aromatic carbocycles. The molecule has 0 heterocycles. The van der Waals surface area contributed by atoms with Crippen LogP contribution in [-0.2, 0) is 4.79 Å². The second-order valence-corrected chi connectivity index (χ2v) is 4.10. The van der Waals surface area contributed by atoms with Crippen molar-refractivity contribution < 1.29 is 4.79 Å². The quantitative estimate of drug-likeness (QED) is 0.646.